The molecule has 0 saturated carbocycles. The maximum atomic E-state index is 6.24. The maximum Gasteiger partial charge on any atom is 0.160 e. The largest absolute Gasteiger partial charge is 0.456 e. The van der Waals surface area contributed by atoms with Gasteiger partial charge in [-0.3, -0.25) is 0 Å². The second-order valence-electron chi connectivity index (χ2n) is 12.5. The van der Waals surface area contributed by atoms with Crippen LogP contribution in [-0.4, -0.2) is 9.97 Å². The van der Waals surface area contributed by atoms with Gasteiger partial charge in [-0.2, -0.15) is 0 Å². The zero-order valence-corrected chi connectivity index (χ0v) is 26.5. The lowest BCUT2D eigenvalue weighted by atomic mass is 9.89. The summed E-state index contributed by atoms with van der Waals surface area (Å²) in [6.07, 6.45) is 0. The smallest absolute Gasteiger partial charge is 0.160 e. The number of benzene rings is 8. The summed E-state index contributed by atoms with van der Waals surface area (Å²) in [6.45, 7) is 0. The standard InChI is InChI=1S/C46H28N2O/c1-2-12-32(13-3-1)46-47-40(28-41(48-46)37-18-10-20-43-45(37)38-17-8-9-19-42(38)49-43)30-21-23-31(24-22-30)44-35-16-7-5-14-33(35)27-39-34-15-6-4-11-29(34)25-26-36(39)44/h1-28H. The molecule has 0 radical (unpaired) electrons. The van der Waals surface area contributed by atoms with Gasteiger partial charge < -0.3 is 4.42 Å². The Kier molecular flexibility index (Phi) is 6.18. The van der Waals surface area contributed by atoms with Crippen LogP contribution < -0.4 is 0 Å². The summed E-state index contributed by atoms with van der Waals surface area (Å²) in [5, 5.41) is 9.66. The van der Waals surface area contributed by atoms with E-state index in [0.717, 1.165) is 50.0 Å². The third kappa shape index (κ3) is 4.51. The van der Waals surface area contributed by atoms with Gasteiger partial charge in [0.15, 0.2) is 5.82 Å². The zero-order chi connectivity index (χ0) is 32.3. The normalized spacial score (nSPS) is 11.7. The monoisotopic (exact) mass is 624 g/mol. The predicted octanol–water partition coefficient (Wildman–Crippen LogP) is 12.5. The minimum absolute atomic E-state index is 0.689. The Morgan fingerprint density at radius 1 is 0.367 bits per heavy atom. The number of rotatable bonds is 4. The van der Waals surface area contributed by atoms with Crippen molar-refractivity contribution in [3.8, 4) is 45.0 Å². The van der Waals surface area contributed by atoms with E-state index in [1.807, 2.05) is 42.5 Å². The van der Waals surface area contributed by atoms with Crippen molar-refractivity contribution >= 4 is 54.3 Å². The molecular formula is C46H28N2O. The van der Waals surface area contributed by atoms with Crippen molar-refractivity contribution < 1.29 is 4.42 Å². The molecule has 3 heteroatoms. The predicted molar refractivity (Wildman–Crippen MR) is 204 cm³/mol. The van der Waals surface area contributed by atoms with E-state index in [9.17, 15) is 0 Å². The molecule has 49 heavy (non-hydrogen) atoms. The first-order chi connectivity index (χ1) is 24.3. The van der Waals surface area contributed by atoms with E-state index in [0.29, 0.717) is 5.82 Å². The highest BCUT2D eigenvalue weighted by atomic mass is 16.3. The van der Waals surface area contributed by atoms with Crippen molar-refractivity contribution in [1.29, 1.82) is 0 Å². The van der Waals surface area contributed by atoms with Gasteiger partial charge in [0.1, 0.15) is 11.2 Å². The van der Waals surface area contributed by atoms with Crippen LogP contribution in [0.5, 0.6) is 0 Å². The van der Waals surface area contributed by atoms with Crippen molar-refractivity contribution in [2.24, 2.45) is 0 Å². The molecule has 0 saturated heterocycles. The van der Waals surface area contributed by atoms with Gasteiger partial charge in [0.2, 0.25) is 0 Å². The molecule has 10 aromatic rings. The number of para-hydroxylation sites is 1. The van der Waals surface area contributed by atoms with Gasteiger partial charge >= 0.3 is 0 Å². The molecule has 0 N–H and O–H groups in total. The van der Waals surface area contributed by atoms with Crippen LogP contribution in [0.4, 0.5) is 0 Å². The molecule has 0 unspecified atom stereocenters. The van der Waals surface area contributed by atoms with Crippen molar-refractivity contribution in [2.75, 3.05) is 0 Å². The van der Waals surface area contributed by atoms with Crippen LogP contribution in [0.15, 0.2) is 174 Å². The van der Waals surface area contributed by atoms with Crippen molar-refractivity contribution in [1.82, 2.24) is 9.97 Å². The van der Waals surface area contributed by atoms with Crippen LogP contribution in [0.1, 0.15) is 0 Å². The molecule has 0 aliphatic carbocycles. The van der Waals surface area contributed by atoms with Crippen LogP contribution in [0.2, 0.25) is 0 Å². The zero-order valence-electron chi connectivity index (χ0n) is 26.5. The Labute approximate surface area is 282 Å². The fourth-order valence-electron chi connectivity index (χ4n) is 7.38. The van der Waals surface area contributed by atoms with Gasteiger partial charge in [0.05, 0.1) is 11.4 Å². The summed E-state index contributed by atoms with van der Waals surface area (Å²) in [5.41, 5.74) is 8.89. The van der Waals surface area contributed by atoms with Gasteiger partial charge in [-0.15, -0.1) is 0 Å². The highest BCUT2D eigenvalue weighted by Crippen LogP contribution is 2.41. The molecule has 3 nitrogen and oxygen atoms in total. The van der Waals surface area contributed by atoms with Gasteiger partial charge in [0.25, 0.3) is 0 Å². The van der Waals surface area contributed by atoms with Crippen LogP contribution in [-0.2, 0) is 0 Å². The Morgan fingerprint density at radius 3 is 1.90 bits per heavy atom. The highest BCUT2D eigenvalue weighted by Gasteiger charge is 2.17. The molecule has 0 amide bonds. The Bertz CT molecular complexity index is 2870. The molecule has 10 rings (SSSR count). The Hall–Kier alpha value is -6.58. The minimum atomic E-state index is 0.689. The molecule has 0 aliphatic rings. The number of furan rings is 1. The lowest BCUT2D eigenvalue weighted by Crippen LogP contribution is -1.96. The summed E-state index contributed by atoms with van der Waals surface area (Å²) in [7, 11) is 0. The first-order valence-electron chi connectivity index (χ1n) is 16.6. The van der Waals surface area contributed by atoms with Crippen LogP contribution >= 0.6 is 0 Å². The molecule has 0 atom stereocenters. The molecule has 228 valence electrons. The van der Waals surface area contributed by atoms with Crippen LogP contribution in [0.3, 0.4) is 0 Å². The minimum Gasteiger partial charge on any atom is -0.456 e. The van der Waals surface area contributed by atoms with E-state index in [-0.39, 0.29) is 0 Å². The van der Waals surface area contributed by atoms with E-state index >= 15 is 0 Å². The van der Waals surface area contributed by atoms with Crippen molar-refractivity contribution in [3.63, 3.8) is 0 Å². The molecule has 0 bridgehead atoms. The van der Waals surface area contributed by atoms with Gasteiger partial charge in [-0.1, -0.05) is 146 Å². The number of fused-ring (bicyclic) bond motifs is 7. The molecule has 0 spiro atoms. The highest BCUT2D eigenvalue weighted by molar-refractivity contribution is 6.20. The lowest BCUT2D eigenvalue weighted by Gasteiger charge is -2.15. The second kappa shape index (κ2) is 11.0. The molecule has 0 aliphatic heterocycles. The number of nitrogens with zero attached hydrogens (tertiary/aromatic N) is 2. The quantitative estimate of drug-likeness (QED) is 0.144. The second-order valence-corrected chi connectivity index (χ2v) is 12.5. The topological polar surface area (TPSA) is 38.9 Å². The van der Waals surface area contributed by atoms with Crippen LogP contribution in [0, 0.1) is 0 Å². The first-order valence-corrected chi connectivity index (χ1v) is 16.6. The van der Waals surface area contributed by atoms with E-state index in [1.165, 1.54) is 43.4 Å². The van der Waals surface area contributed by atoms with Gasteiger partial charge in [0, 0.05) is 27.5 Å². The molecule has 2 aromatic heterocycles. The molecule has 2 heterocycles. The average molecular weight is 625 g/mol. The van der Waals surface area contributed by atoms with Gasteiger partial charge in [-0.25, -0.2) is 9.97 Å². The van der Waals surface area contributed by atoms with Crippen molar-refractivity contribution in [3.05, 3.63) is 170 Å². The summed E-state index contributed by atoms with van der Waals surface area (Å²) < 4.78 is 6.24. The first kappa shape index (κ1) is 27.5. The van der Waals surface area contributed by atoms with E-state index in [1.54, 1.807) is 0 Å². The van der Waals surface area contributed by atoms with Crippen LogP contribution in [0.25, 0.3) is 99.3 Å². The van der Waals surface area contributed by atoms with Crippen molar-refractivity contribution in [2.45, 2.75) is 0 Å². The Morgan fingerprint density at radius 2 is 1.04 bits per heavy atom. The average Bonchev–Trinajstić information content (AvgIpc) is 3.56. The van der Waals surface area contributed by atoms with E-state index in [4.69, 9.17) is 14.4 Å². The number of hydrogen-bond donors (Lipinski definition) is 0. The van der Waals surface area contributed by atoms with E-state index in [2.05, 4.69) is 127 Å². The number of aromatic nitrogens is 2. The fraction of sp³-hybridized carbons (Fsp3) is 0. The summed E-state index contributed by atoms with van der Waals surface area (Å²) in [4.78, 5) is 10.3. The molecular weight excluding hydrogens is 597 g/mol. The molecule has 0 fully saturated rings. The maximum absolute atomic E-state index is 6.24. The SMILES string of the molecule is c1ccc(-c2nc(-c3ccc(-c4c5ccccc5cc5c4ccc4ccccc45)cc3)cc(-c3cccc4oc5ccccc5c34)n2)cc1. The van der Waals surface area contributed by atoms with E-state index < -0.39 is 0 Å². The third-order valence-electron chi connectivity index (χ3n) is 9.68. The lowest BCUT2D eigenvalue weighted by molar-refractivity contribution is 0.669. The molecule has 8 aromatic carbocycles. The fourth-order valence-corrected chi connectivity index (χ4v) is 7.38. The third-order valence-corrected chi connectivity index (χ3v) is 9.68. The Balaban J connectivity index is 1.16. The summed E-state index contributed by atoms with van der Waals surface area (Å²) in [6, 6.07) is 59.7. The van der Waals surface area contributed by atoms with Gasteiger partial charge in [-0.05, 0) is 67.7 Å². The number of hydrogen-bond acceptors (Lipinski definition) is 3. The summed E-state index contributed by atoms with van der Waals surface area (Å²) in [5.74, 6) is 0.689. The summed E-state index contributed by atoms with van der Waals surface area (Å²) >= 11 is 0.